The standard InChI is InChI=1S/C18H11FN6O2S/c19-13-1-3-16(4-2-13)28(26,27)24-14-7-12(9-21-10-14)17-5-6-18-22-11-15(8-20)25(18)23-17/h1-7,9-11,24H/i10D. The Bertz CT molecular complexity index is 1380. The molecule has 3 heterocycles. The number of sulfonamides is 1. The number of benzene rings is 1. The molecule has 0 amide bonds. The van der Waals surface area contributed by atoms with E-state index in [0.29, 0.717) is 16.9 Å². The lowest BCUT2D eigenvalue weighted by Crippen LogP contribution is -2.13. The molecule has 0 aliphatic rings. The Hall–Kier alpha value is -3.84. The lowest BCUT2D eigenvalue weighted by Gasteiger charge is -2.09. The Morgan fingerprint density at radius 3 is 2.71 bits per heavy atom. The van der Waals surface area contributed by atoms with Crippen LogP contribution < -0.4 is 4.72 Å². The van der Waals surface area contributed by atoms with Crippen LogP contribution in [0.2, 0.25) is 0 Å². The van der Waals surface area contributed by atoms with Crippen molar-refractivity contribution in [1.29, 1.82) is 5.26 Å². The maximum atomic E-state index is 13.1. The third-order valence-electron chi connectivity index (χ3n) is 3.83. The van der Waals surface area contributed by atoms with Gasteiger partial charge in [-0.3, -0.25) is 9.71 Å². The van der Waals surface area contributed by atoms with E-state index in [1.165, 1.54) is 23.0 Å². The zero-order valence-corrected chi connectivity index (χ0v) is 14.9. The van der Waals surface area contributed by atoms with Crippen molar-refractivity contribution in [2.75, 3.05) is 4.72 Å². The van der Waals surface area contributed by atoms with Gasteiger partial charge in [-0.15, -0.1) is 0 Å². The molecule has 4 rings (SSSR count). The molecular weight excluding hydrogens is 383 g/mol. The molecule has 0 bridgehead atoms. The van der Waals surface area contributed by atoms with E-state index in [2.05, 4.69) is 19.8 Å². The molecule has 8 nitrogen and oxygen atoms in total. The number of aromatic nitrogens is 4. The number of anilines is 1. The van der Waals surface area contributed by atoms with E-state index in [4.69, 9.17) is 6.63 Å². The number of fused-ring (bicyclic) bond motifs is 1. The molecule has 138 valence electrons. The quantitative estimate of drug-likeness (QED) is 0.568. The predicted molar refractivity (Wildman–Crippen MR) is 98.1 cm³/mol. The van der Waals surface area contributed by atoms with Crippen LogP contribution in [-0.4, -0.2) is 28.0 Å². The third kappa shape index (κ3) is 3.26. The molecule has 28 heavy (non-hydrogen) atoms. The summed E-state index contributed by atoms with van der Waals surface area (Å²) in [7, 11) is -4.04. The van der Waals surface area contributed by atoms with Crippen LogP contribution in [-0.2, 0) is 10.0 Å². The van der Waals surface area contributed by atoms with Gasteiger partial charge in [-0.1, -0.05) is 0 Å². The lowest BCUT2D eigenvalue weighted by molar-refractivity contribution is 0.599. The van der Waals surface area contributed by atoms with Crippen LogP contribution in [0, 0.1) is 17.1 Å². The second-order valence-corrected chi connectivity index (χ2v) is 7.37. The van der Waals surface area contributed by atoms with Gasteiger partial charge in [0.05, 0.1) is 30.0 Å². The van der Waals surface area contributed by atoms with Gasteiger partial charge in [-0.05, 0) is 42.5 Å². The van der Waals surface area contributed by atoms with Gasteiger partial charge in [0.1, 0.15) is 11.9 Å². The second kappa shape index (κ2) is 6.71. The number of hydrogen-bond donors (Lipinski definition) is 1. The van der Waals surface area contributed by atoms with Crippen LogP contribution in [0.5, 0.6) is 0 Å². The Kier molecular flexibility index (Phi) is 3.92. The number of nitriles is 1. The molecule has 0 radical (unpaired) electrons. The Morgan fingerprint density at radius 1 is 1.18 bits per heavy atom. The molecule has 0 spiro atoms. The lowest BCUT2D eigenvalue weighted by atomic mass is 10.2. The van der Waals surface area contributed by atoms with Crippen molar-refractivity contribution >= 4 is 21.4 Å². The summed E-state index contributed by atoms with van der Waals surface area (Å²) in [5.74, 6) is -0.563. The highest BCUT2D eigenvalue weighted by Gasteiger charge is 2.15. The number of halogens is 1. The number of hydrogen-bond acceptors (Lipinski definition) is 6. The topological polar surface area (TPSA) is 113 Å². The highest BCUT2D eigenvalue weighted by molar-refractivity contribution is 7.92. The van der Waals surface area contributed by atoms with Crippen molar-refractivity contribution in [2.24, 2.45) is 0 Å². The Morgan fingerprint density at radius 2 is 1.96 bits per heavy atom. The number of rotatable bonds is 4. The average Bonchev–Trinajstić information content (AvgIpc) is 3.12. The van der Waals surface area contributed by atoms with Crippen LogP contribution in [0.3, 0.4) is 0 Å². The van der Waals surface area contributed by atoms with Gasteiger partial charge in [0, 0.05) is 11.8 Å². The maximum Gasteiger partial charge on any atom is 0.261 e. The number of nitrogens with zero attached hydrogens (tertiary/aromatic N) is 5. The van der Waals surface area contributed by atoms with Crippen molar-refractivity contribution in [3.63, 3.8) is 0 Å². The number of imidazole rings is 1. The molecule has 0 aliphatic carbocycles. The van der Waals surface area contributed by atoms with Crippen LogP contribution in [0.4, 0.5) is 10.1 Å². The van der Waals surface area contributed by atoms with Gasteiger partial charge in [0.2, 0.25) is 0 Å². The van der Waals surface area contributed by atoms with Crippen molar-refractivity contribution in [3.05, 3.63) is 72.5 Å². The predicted octanol–water partition coefficient (Wildman–Crippen LogP) is 2.60. The molecule has 0 unspecified atom stereocenters. The van der Waals surface area contributed by atoms with Crippen molar-refractivity contribution < 1.29 is 14.2 Å². The fraction of sp³-hybridized carbons (Fsp3) is 0. The molecule has 0 saturated heterocycles. The molecule has 10 heteroatoms. The van der Waals surface area contributed by atoms with Gasteiger partial charge >= 0.3 is 0 Å². The summed E-state index contributed by atoms with van der Waals surface area (Å²) in [6, 6.07) is 11.0. The fourth-order valence-corrected chi connectivity index (χ4v) is 3.52. The van der Waals surface area contributed by atoms with E-state index in [1.807, 2.05) is 6.07 Å². The molecule has 3 aromatic heterocycles. The van der Waals surface area contributed by atoms with Crippen LogP contribution >= 0.6 is 0 Å². The smallest absolute Gasteiger partial charge is 0.261 e. The van der Waals surface area contributed by atoms with Gasteiger partial charge < -0.3 is 0 Å². The summed E-state index contributed by atoms with van der Waals surface area (Å²) in [5, 5.41) is 13.5. The van der Waals surface area contributed by atoms with Crippen LogP contribution in [0.15, 0.2) is 65.9 Å². The highest BCUT2D eigenvalue weighted by Crippen LogP contribution is 2.22. The molecule has 4 aromatic rings. The number of pyridine rings is 1. The SMILES string of the molecule is [2H]c1ncc(-c2ccc3ncc(C#N)n3n2)cc1NS(=O)(=O)c1ccc(F)cc1. The first-order valence-corrected chi connectivity index (χ1v) is 9.36. The van der Waals surface area contributed by atoms with Crippen molar-refractivity contribution in [1.82, 2.24) is 19.6 Å². The van der Waals surface area contributed by atoms with Crippen molar-refractivity contribution in [2.45, 2.75) is 4.90 Å². The minimum Gasteiger partial charge on any atom is -0.278 e. The van der Waals surface area contributed by atoms with E-state index in [1.54, 1.807) is 12.1 Å². The zero-order valence-electron chi connectivity index (χ0n) is 15.0. The summed E-state index contributed by atoms with van der Waals surface area (Å²) in [5.41, 5.74) is 1.48. The summed E-state index contributed by atoms with van der Waals surface area (Å²) in [4.78, 5) is 7.81. The van der Waals surface area contributed by atoms with Gasteiger partial charge in [0.15, 0.2) is 11.3 Å². The molecular formula is C18H11FN6O2S. The van der Waals surface area contributed by atoms with Gasteiger partial charge in [-0.25, -0.2) is 22.3 Å². The summed E-state index contributed by atoms with van der Waals surface area (Å²) < 4.78 is 49.7. The Labute approximate surface area is 160 Å². The van der Waals surface area contributed by atoms with E-state index in [9.17, 15) is 12.8 Å². The van der Waals surface area contributed by atoms with Crippen molar-refractivity contribution in [3.8, 4) is 17.3 Å². The molecule has 0 aliphatic heterocycles. The molecule has 1 N–H and O–H groups in total. The minimum atomic E-state index is -4.04. The minimum absolute atomic E-state index is 0.0696. The largest absolute Gasteiger partial charge is 0.278 e. The maximum absolute atomic E-state index is 13.1. The van der Waals surface area contributed by atoms with E-state index < -0.39 is 15.8 Å². The van der Waals surface area contributed by atoms with Gasteiger partial charge in [-0.2, -0.15) is 10.4 Å². The number of nitrogens with one attached hydrogen (secondary N) is 1. The summed E-state index contributed by atoms with van der Waals surface area (Å²) in [6.07, 6.45) is 2.47. The summed E-state index contributed by atoms with van der Waals surface area (Å²) >= 11 is 0. The van der Waals surface area contributed by atoms with E-state index in [0.717, 1.165) is 24.3 Å². The first-order chi connectivity index (χ1) is 13.9. The van der Waals surface area contributed by atoms with E-state index in [-0.39, 0.29) is 22.4 Å². The fourth-order valence-electron chi connectivity index (χ4n) is 2.51. The molecule has 0 saturated carbocycles. The summed E-state index contributed by atoms with van der Waals surface area (Å²) in [6.45, 7) is 0. The molecule has 1 aromatic carbocycles. The monoisotopic (exact) mass is 395 g/mol. The first kappa shape index (κ1) is 16.3. The zero-order chi connectivity index (χ0) is 20.6. The van der Waals surface area contributed by atoms with Crippen LogP contribution in [0.1, 0.15) is 7.06 Å². The Balaban J connectivity index is 1.73. The average molecular weight is 395 g/mol. The normalized spacial score (nSPS) is 11.8. The second-order valence-electron chi connectivity index (χ2n) is 5.69. The third-order valence-corrected chi connectivity index (χ3v) is 5.21. The van der Waals surface area contributed by atoms with Crippen LogP contribution in [0.25, 0.3) is 16.9 Å². The molecule has 0 fully saturated rings. The van der Waals surface area contributed by atoms with Gasteiger partial charge in [0.25, 0.3) is 10.0 Å². The molecule has 0 atom stereocenters. The van der Waals surface area contributed by atoms with E-state index >= 15 is 0 Å². The first-order valence-electron chi connectivity index (χ1n) is 8.38. The highest BCUT2D eigenvalue weighted by atomic mass is 32.2.